The minimum absolute atomic E-state index is 0.0609. The summed E-state index contributed by atoms with van der Waals surface area (Å²) in [6.07, 6.45) is 5.11. The van der Waals surface area contributed by atoms with Gasteiger partial charge in [0.05, 0.1) is 11.9 Å². The molecule has 1 amide bonds. The first-order valence-electron chi connectivity index (χ1n) is 10.9. The zero-order chi connectivity index (χ0) is 22.0. The molecule has 31 heavy (non-hydrogen) atoms. The number of aromatic nitrogens is 2. The van der Waals surface area contributed by atoms with E-state index < -0.39 is 0 Å². The molecule has 6 heteroatoms. The number of hydrogen-bond acceptors (Lipinski definition) is 4. The normalized spacial score (nSPS) is 16.1. The highest BCUT2D eigenvalue weighted by atomic mass is 16.3. The number of nitrogens with two attached hydrogens (primary N) is 1. The van der Waals surface area contributed by atoms with E-state index in [1.165, 1.54) is 0 Å². The number of nitrogens with zero attached hydrogens (tertiary/aromatic N) is 3. The monoisotopic (exact) mass is 418 g/mol. The van der Waals surface area contributed by atoms with Crippen molar-refractivity contribution in [3.05, 3.63) is 76.6 Å². The molecular formula is C25H30N4O2. The predicted octanol–water partition coefficient (Wildman–Crippen LogP) is 3.65. The van der Waals surface area contributed by atoms with Crippen LogP contribution in [0.5, 0.6) is 0 Å². The highest BCUT2D eigenvalue weighted by Crippen LogP contribution is 2.26. The number of likely N-dealkylation sites (tertiary alicyclic amines) is 1. The number of anilines is 1. The minimum atomic E-state index is 0.0609. The molecule has 3 aromatic rings. The van der Waals surface area contributed by atoms with Gasteiger partial charge in [0, 0.05) is 42.6 Å². The van der Waals surface area contributed by atoms with Crippen LogP contribution in [0.1, 0.15) is 52.0 Å². The Hall–Kier alpha value is -3.12. The van der Waals surface area contributed by atoms with Crippen LogP contribution in [0.25, 0.3) is 5.69 Å². The molecule has 1 aromatic heterocycles. The van der Waals surface area contributed by atoms with E-state index in [2.05, 4.69) is 12.0 Å². The number of benzene rings is 2. The van der Waals surface area contributed by atoms with E-state index >= 15 is 0 Å². The predicted molar refractivity (Wildman–Crippen MR) is 122 cm³/mol. The van der Waals surface area contributed by atoms with Gasteiger partial charge in [0.25, 0.3) is 5.91 Å². The average molecular weight is 419 g/mol. The smallest absolute Gasteiger partial charge is 0.254 e. The fourth-order valence-electron chi connectivity index (χ4n) is 4.46. The highest BCUT2D eigenvalue weighted by Gasteiger charge is 2.30. The zero-order valence-electron chi connectivity index (χ0n) is 18.2. The van der Waals surface area contributed by atoms with Crippen molar-refractivity contribution in [3.63, 3.8) is 0 Å². The van der Waals surface area contributed by atoms with Crippen molar-refractivity contribution in [2.24, 2.45) is 0 Å². The standard InChI is InChI=1S/C25H30N4O2/c1-17-14-22(9-10-24(17)26)29-18(2)20(16-27-29)15-19-6-3-4-8-23(19)25(31)28-12-5-7-21(28)11-13-30/h3-4,6,8-10,14,16,21,30H,5,7,11-13,15,26H2,1-2H3/t21-/m0/s1. The summed E-state index contributed by atoms with van der Waals surface area (Å²) >= 11 is 0. The van der Waals surface area contributed by atoms with Gasteiger partial charge in [-0.1, -0.05) is 18.2 Å². The van der Waals surface area contributed by atoms with Crippen LogP contribution < -0.4 is 5.73 Å². The molecule has 0 unspecified atom stereocenters. The Morgan fingerprint density at radius 2 is 2.00 bits per heavy atom. The second kappa shape index (κ2) is 8.94. The van der Waals surface area contributed by atoms with Gasteiger partial charge in [-0.05, 0) is 74.1 Å². The molecular weight excluding hydrogens is 388 g/mol. The number of aliphatic hydroxyl groups is 1. The summed E-state index contributed by atoms with van der Waals surface area (Å²) in [6, 6.07) is 13.9. The van der Waals surface area contributed by atoms with Crippen molar-refractivity contribution in [2.45, 2.75) is 45.6 Å². The number of carbonyl (C=O) groups excluding carboxylic acids is 1. The number of hydrogen-bond donors (Lipinski definition) is 2. The second-order valence-corrected chi connectivity index (χ2v) is 8.35. The molecule has 0 bridgehead atoms. The minimum Gasteiger partial charge on any atom is -0.399 e. The third-order valence-electron chi connectivity index (χ3n) is 6.34. The van der Waals surface area contributed by atoms with Crippen LogP contribution in [0.4, 0.5) is 5.69 Å². The summed E-state index contributed by atoms with van der Waals surface area (Å²) in [4.78, 5) is 15.3. The fourth-order valence-corrected chi connectivity index (χ4v) is 4.46. The Bertz CT molecular complexity index is 1090. The maximum Gasteiger partial charge on any atom is 0.254 e. The molecule has 4 rings (SSSR count). The maximum absolute atomic E-state index is 13.3. The lowest BCUT2D eigenvalue weighted by atomic mass is 9.99. The van der Waals surface area contributed by atoms with E-state index in [0.717, 1.165) is 58.7 Å². The molecule has 0 saturated carbocycles. The quantitative estimate of drug-likeness (QED) is 0.599. The summed E-state index contributed by atoms with van der Waals surface area (Å²) in [5.41, 5.74) is 12.6. The summed E-state index contributed by atoms with van der Waals surface area (Å²) < 4.78 is 1.92. The molecule has 1 fully saturated rings. The Kier molecular flexibility index (Phi) is 6.09. The number of rotatable bonds is 6. The van der Waals surface area contributed by atoms with Crippen molar-refractivity contribution >= 4 is 11.6 Å². The molecule has 0 radical (unpaired) electrons. The SMILES string of the molecule is Cc1cc(-n2ncc(Cc3ccccc3C(=O)N3CCC[C@H]3CCO)c2C)ccc1N. The van der Waals surface area contributed by atoms with Crippen LogP contribution in [-0.2, 0) is 6.42 Å². The molecule has 1 saturated heterocycles. The Balaban J connectivity index is 1.61. The lowest BCUT2D eigenvalue weighted by Crippen LogP contribution is -2.36. The van der Waals surface area contributed by atoms with Crippen molar-refractivity contribution in [1.29, 1.82) is 0 Å². The molecule has 2 heterocycles. The Morgan fingerprint density at radius 3 is 2.77 bits per heavy atom. The Morgan fingerprint density at radius 1 is 1.19 bits per heavy atom. The molecule has 162 valence electrons. The molecule has 1 aliphatic heterocycles. The van der Waals surface area contributed by atoms with Gasteiger partial charge in [-0.15, -0.1) is 0 Å². The topological polar surface area (TPSA) is 84.4 Å². The molecule has 2 aromatic carbocycles. The first-order chi connectivity index (χ1) is 15.0. The molecule has 1 aliphatic rings. The maximum atomic E-state index is 13.3. The van der Waals surface area contributed by atoms with Gasteiger partial charge in [0.1, 0.15) is 0 Å². The molecule has 0 spiro atoms. The van der Waals surface area contributed by atoms with Gasteiger partial charge in [0.2, 0.25) is 0 Å². The van der Waals surface area contributed by atoms with E-state index in [1.807, 2.05) is 65.2 Å². The van der Waals surface area contributed by atoms with Crippen molar-refractivity contribution in [3.8, 4) is 5.69 Å². The lowest BCUT2D eigenvalue weighted by molar-refractivity contribution is 0.0715. The van der Waals surface area contributed by atoms with Crippen LogP contribution in [0, 0.1) is 13.8 Å². The van der Waals surface area contributed by atoms with E-state index in [9.17, 15) is 9.90 Å². The van der Waals surface area contributed by atoms with Crippen LogP contribution in [0.2, 0.25) is 0 Å². The average Bonchev–Trinajstić information content (AvgIpc) is 3.37. The van der Waals surface area contributed by atoms with Gasteiger partial charge in [-0.25, -0.2) is 4.68 Å². The van der Waals surface area contributed by atoms with Gasteiger partial charge in [-0.3, -0.25) is 4.79 Å². The highest BCUT2D eigenvalue weighted by molar-refractivity contribution is 5.96. The first kappa shape index (κ1) is 21.1. The number of amides is 1. The number of nitrogen functional groups attached to an aromatic ring is 1. The summed E-state index contributed by atoms with van der Waals surface area (Å²) in [5.74, 6) is 0.0609. The summed E-state index contributed by atoms with van der Waals surface area (Å²) in [5, 5.41) is 13.9. The van der Waals surface area contributed by atoms with Crippen LogP contribution in [0.3, 0.4) is 0 Å². The zero-order valence-corrected chi connectivity index (χ0v) is 18.2. The third-order valence-corrected chi connectivity index (χ3v) is 6.34. The van der Waals surface area contributed by atoms with E-state index in [1.54, 1.807) is 0 Å². The third kappa shape index (κ3) is 4.21. The molecule has 6 nitrogen and oxygen atoms in total. The Labute approximate surface area is 183 Å². The summed E-state index contributed by atoms with van der Waals surface area (Å²) in [7, 11) is 0. The molecule has 0 aliphatic carbocycles. The first-order valence-corrected chi connectivity index (χ1v) is 10.9. The van der Waals surface area contributed by atoms with Gasteiger partial charge >= 0.3 is 0 Å². The van der Waals surface area contributed by atoms with Crippen LogP contribution in [-0.4, -0.2) is 44.9 Å². The van der Waals surface area contributed by atoms with Crippen molar-refractivity contribution in [1.82, 2.24) is 14.7 Å². The van der Waals surface area contributed by atoms with Gasteiger partial charge in [-0.2, -0.15) is 5.10 Å². The van der Waals surface area contributed by atoms with Gasteiger partial charge in [0.15, 0.2) is 0 Å². The van der Waals surface area contributed by atoms with Crippen LogP contribution in [0.15, 0.2) is 48.7 Å². The van der Waals surface area contributed by atoms with Gasteiger partial charge < -0.3 is 15.7 Å². The molecule has 1 atom stereocenters. The van der Waals surface area contributed by atoms with E-state index in [0.29, 0.717) is 12.8 Å². The second-order valence-electron chi connectivity index (χ2n) is 8.35. The van der Waals surface area contributed by atoms with Crippen LogP contribution >= 0.6 is 0 Å². The number of carbonyl (C=O) groups is 1. The van der Waals surface area contributed by atoms with Crippen molar-refractivity contribution in [2.75, 3.05) is 18.9 Å². The number of aryl methyl sites for hydroxylation is 1. The number of aliphatic hydroxyl groups excluding tert-OH is 1. The summed E-state index contributed by atoms with van der Waals surface area (Å²) in [6.45, 7) is 4.91. The molecule has 3 N–H and O–H groups in total. The largest absolute Gasteiger partial charge is 0.399 e. The fraction of sp³-hybridized carbons (Fsp3) is 0.360. The van der Waals surface area contributed by atoms with E-state index in [-0.39, 0.29) is 18.6 Å². The van der Waals surface area contributed by atoms with E-state index in [4.69, 9.17) is 5.73 Å². The van der Waals surface area contributed by atoms with Crippen molar-refractivity contribution < 1.29 is 9.90 Å². The lowest BCUT2D eigenvalue weighted by Gasteiger charge is -2.25.